The number of aryl methyl sites for hydroxylation is 1. The maximum absolute atomic E-state index is 2.55. The zero-order valence-electron chi connectivity index (χ0n) is 13.1. The average Bonchev–Trinajstić information content (AvgIpc) is 2.63. The highest BCUT2D eigenvalue weighted by Crippen LogP contribution is 2.34. The van der Waals surface area contributed by atoms with E-state index in [1.165, 1.54) is 37.1 Å². The molecule has 1 aromatic rings. The van der Waals surface area contributed by atoms with E-state index in [0.717, 1.165) is 0 Å². The van der Waals surface area contributed by atoms with Gasteiger partial charge < -0.3 is 9.80 Å². The van der Waals surface area contributed by atoms with Gasteiger partial charge in [-0.2, -0.15) is 0 Å². The third-order valence-corrected chi connectivity index (χ3v) is 4.04. The van der Waals surface area contributed by atoms with Crippen LogP contribution < -0.4 is 4.90 Å². The predicted molar refractivity (Wildman–Crippen MR) is 84.1 cm³/mol. The van der Waals surface area contributed by atoms with E-state index in [4.69, 9.17) is 0 Å². The zero-order chi connectivity index (χ0) is 14.0. The van der Waals surface area contributed by atoms with E-state index in [1.807, 2.05) is 0 Å². The molecule has 1 atom stereocenters. The van der Waals surface area contributed by atoms with Gasteiger partial charge in [-0.15, -0.1) is 0 Å². The summed E-state index contributed by atoms with van der Waals surface area (Å²) in [4.78, 5) is 4.81. The van der Waals surface area contributed by atoms with Crippen LogP contribution in [0.25, 0.3) is 0 Å². The van der Waals surface area contributed by atoms with Gasteiger partial charge in [0.05, 0.1) is 0 Å². The van der Waals surface area contributed by atoms with Crippen LogP contribution >= 0.6 is 0 Å². The molecule has 0 amide bonds. The Kier molecular flexibility index (Phi) is 4.51. The highest BCUT2D eigenvalue weighted by Gasteiger charge is 2.27. The fourth-order valence-electron chi connectivity index (χ4n) is 3.25. The first-order valence-electron chi connectivity index (χ1n) is 7.54. The molecule has 1 aliphatic heterocycles. The van der Waals surface area contributed by atoms with Gasteiger partial charge in [0.2, 0.25) is 0 Å². The minimum absolute atomic E-state index is 0.593. The molecule has 0 saturated carbocycles. The second-order valence-electron chi connectivity index (χ2n) is 6.42. The van der Waals surface area contributed by atoms with E-state index in [1.54, 1.807) is 5.56 Å². The fraction of sp³-hybridized carbons (Fsp3) is 0.647. The lowest BCUT2D eigenvalue weighted by molar-refractivity contribution is 0.400. The summed E-state index contributed by atoms with van der Waals surface area (Å²) < 4.78 is 0. The molecule has 1 unspecified atom stereocenters. The van der Waals surface area contributed by atoms with Gasteiger partial charge in [-0.05, 0) is 77.9 Å². The topological polar surface area (TPSA) is 6.48 Å². The van der Waals surface area contributed by atoms with Gasteiger partial charge in [0.25, 0.3) is 0 Å². The molecule has 106 valence electrons. The van der Waals surface area contributed by atoms with E-state index in [-0.39, 0.29) is 0 Å². The fourth-order valence-corrected chi connectivity index (χ4v) is 3.25. The van der Waals surface area contributed by atoms with Crippen molar-refractivity contribution in [3.63, 3.8) is 0 Å². The van der Waals surface area contributed by atoms with Crippen LogP contribution in [0.1, 0.15) is 38.3 Å². The Balaban J connectivity index is 2.07. The van der Waals surface area contributed by atoms with Gasteiger partial charge in [0, 0.05) is 17.8 Å². The normalized spacial score (nSPS) is 18.5. The second-order valence-corrected chi connectivity index (χ2v) is 6.42. The number of benzene rings is 1. The smallest absolute Gasteiger partial charge is 0.0404 e. The SMILES string of the molecule is CC(C)N1c2ccc(CCCN(C)C)cc2CC1C. The molecule has 1 aromatic carbocycles. The molecule has 0 saturated heterocycles. The number of hydrogen-bond donors (Lipinski definition) is 0. The molecule has 2 nitrogen and oxygen atoms in total. The Labute approximate surface area is 118 Å². The first-order valence-corrected chi connectivity index (χ1v) is 7.54. The zero-order valence-corrected chi connectivity index (χ0v) is 13.1. The molecule has 2 heteroatoms. The van der Waals surface area contributed by atoms with Gasteiger partial charge in [0.15, 0.2) is 0 Å². The Morgan fingerprint density at radius 1 is 1.32 bits per heavy atom. The molecule has 19 heavy (non-hydrogen) atoms. The van der Waals surface area contributed by atoms with E-state index in [2.05, 4.69) is 62.9 Å². The molecule has 1 heterocycles. The maximum atomic E-state index is 2.55. The van der Waals surface area contributed by atoms with Crippen molar-refractivity contribution in [3.05, 3.63) is 29.3 Å². The predicted octanol–water partition coefficient (Wildman–Crippen LogP) is 3.34. The van der Waals surface area contributed by atoms with Crippen LogP contribution in [0, 0.1) is 0 Å². The molecule has 0 N–H and O–H groups in total. The van der Waals surface area contributed by atoms with Crippen molar-refractivity contribution in [3.8, 4) is 0 Å². The van der Waals surface area contributed by atoms with Crippen molar-refractivity contribution in [2.75, 3.05) is 25.5 Å². The summed E-state index contributed by atoms with van der Waals surface area (Å²) in [5.74, 6) is 0. The summed E-state index contributed by atoms with van der Waals surface area (Å²) in [6.07, 6.45) is 3.64. The van der Waals surface area contributed by atoms with E-state index in [9.17, 15) is 0 Å². The molecule has 2 rings (SSSR count). The highest BCUT2D eigenvalue weighted by molar-refractivity contribution is 5.61. The molecule has 1 aliphatic rings. The van der Waals surface area contributed by atoms with Gasteiger partial charge in [0.1, 0.15) is 0 Å². The Morgan fingerprint density at radius 2 is 2.05 bits per heavy atom. The van der Waals surface area contributed by atoms with Crippen molar-refractivity contribution < 1.29 is 0 Å². The third kappa shape index (κ3) is 3.30. The first-order chi connectivity index (χ1) is 8.99. The van der Waals surface area contributed by atoms with Crippen LogP contribution in [0.4, 0.5) is 5.69 Å². The van der Waals surface area contributed by atoms with Gasteiger partial charge >= 0.3 is 0 Å². The summed E-state index contributed by atoms with van der Waals surface area (Å²) in [7, 11) is 4.29. The molecule has 0 radical (unpaired) electrons. The Morgan fingerprint density at radius 3 is 2.68 bits per heavy atom. The molecule has 0 aliphatic carbocycles. The third-order valence-electron chi connectivity index (χ3n) is 4.04. The van der Waals surface area contributed by atoms with Crippen LogP contribution in [-0.2, 0) is 12.8 Å². The Bertz CT molecular complexity index is 423. The standard InChI is InChI=1S/C17H28N2/c1-13(2)19-14(3)11-16-12-15(8-9-17(16)19)7-6-10-18(4)5/h8-9,12-14H,6-7,10-11H2,1-5H3. The van der Waals surface area contributed by atoms with Gasteiger partial charge in [-0.3, -0.25) is 0 Å². The first kappa shape index (κ1) is 14.4. The minimum atomic E-state index is 0.593. The van der Waals surface area contributed by atoms with Crippen molar-refractivity contribution in [2.24, 2.45) is 0 Å². The lowest BCUT2D eigenvalue weighted by Crippen LogP contribution is -2.35. The molecule has 0 aromatic heterocycles. The van der Waals surface area contributed by atoms with Crippen molar-refractivity contribution in [1.29, 1.82) is 0 Å². The number of rotatable bonds is 5. The number of fused-ring (bicyclic) bond motifs is 1. The summed E-state index contributed by atoms with van der Waals surface area (Å²) in [6, 6.07) is 8.33. The highest BCUT2D eigenvalue weighted by atomic mass is 15.2. The summed E-state index contributed by atoms with van der Waals surface area (Å²) >= 11 is 0. The summed E-state index contributed by atoms with van der Waals surface area (Å²) in [5, 5.41) is 0. The number of anilines is 1. The lowest BCUT2D eigenvalue weighted by Gasteiger charge is -2.29. The van der Waals surface area contributed by atoms with Crippen LogP contribution in [-0.4, -0.2) is 37.6 Å². The van der Waals surface area contributed by atoms with Crippen LogP contribution in [0.15, 0.2) is 18.2 Å². The van der Waals surface area contributed by atoms with Gasteiger partial charge in [-0.1, -0.05) is 12.1 Å². The lowest BCUT2D eigenvalue weighted by atomic mass is 10.0. The molecule has 0 fully saturated rings. The van der Waals surface area contributed by atoms with Crippen LogP contribution in [0.2, 0.25) is 0 Å². The summed E-state index contributed by atoms with van der Waals surface area (Å²) in [5.41, 5.74) is 4.50. The second kappa shape index (κ2) is 5.96. The average molecular weight is 260 g/mol. The molecule has 0 spiro atoms. The monoisotopic (exact) mass is 260 g/mol. The van der Waals surface area contributed by atoms with E-state index in [0.29, 0.717) is 12.1 Å². The van der Waals surface area contributed by atoms with Crippen LogP contribution in [0.3, 0.4) is 0 Å². The van der Waals surface area contributed by atoms with E-state index >= 15 is 0 Å². The van der Waals surface area contributed by atoms with Crippen molar-refractivity contribution >= 4 is 5.69 Å². The Hall–Kier alpha value is -1.02. The van der Waals surface area contributed by atoms with Crippen LogP contribution in [0.5, 0.6) is 0 Å². The molecular weight excluding hydrogens is 232 g/mol. The number of nitrogens with zero attached hydrogens (tertiary/aromatic N) is 2. The maximum Gasteiger partial charge on any atom is 0.0404 e. The molecule has 0 bridgehead atoms. The quantitative estimate of drug-likeness (QED) is 0.801. The molecular formula is C17H28N2. The largest absolute Gasteiger partial charge is 0.366 e. The minimum Gasteiger partial charge on any atom is -0.366 e. The summed E-state index contributed by atoms with van der Waals surface area (Å²) in [6.45, 7) is 8.09. The van der Waals surface area contributed by atoms with Crippen molar-refractivity contribution in [1.82, 2.24) is 4.90 Å². The number of hydrogen-bond acceptors (Lipinski definition) is 2. The van der Waals surface area contributed by atoms with Gasteiger partial charge in [-0.25, -0.2) is 0 Å². The van der Waals surface area contributed by atoms with E-state index < -0.39 is 0 Å². The van der Waals surface area contributed by atoms with Crippen molar-refractivity contribution in [2.45, 2.75) is 52.1 Å².